The number of carbonyl (C=O) groups is 1. The third kappa shape index (κ3) is 4.66. The van der Waals surface area contributed by atoms with E-state index in [1.807, 2.05) is 18.7 Å². The van der Waals surface area contributed by atoms with Gasteiger partial charge in [-0.2, -0.15) is 5.10 Å². The monoisotopic (exact) mass is 444 g/mol. The minimum absolute atomic E-state index is 0.0113. The molecule has 1 saturated heterocycles. The maximum absolute atomic E-state index is 12.9. The molecule has 1 aliphatic rings. The van der Waals surface area contributed by atoms with Gasteiger partial charge < -0.3 is 19.1 Å². The number of hydrogen-bond acceptors (Lipinski definition) is 6. The van der Waals surface area contributed by atoms with Crippen LogP contribution in [0.2, 0.25) is 0 Å². The standard InChI is InChI=1S/C23H32N4O5/c1-15(2)27-22(24-25(3)23(27)29)17-8-7-11-26(14-17)20(28)10-9-16-12-18(30-4)21(32-6)19(13-16)31-5/h9-10,12-13,15,17H,7-8,11,14H2,1-6H3/b10-9+. The van der Waals surface area contributed by atoms with Crippen LogP contribution >= 0.6 is 0 Å². The molecule has 1 aromatic carbocycles. The molecule has 0 radical (unpaired) electrons. The number of aromatic nitrogens is 3. The zero-order valence-electron chi connectivity index (χ0n) is 19.6. The summed E-state index contributed by atoms with van der Waals surface area (Å²) in [5.74, 6) is 2.25. The predicted molar refractivity (Wildman–Crippen MR) is 122 cm³/mol. The molecule has 1 unspecified atom stereocenters. The highest BCUT2D eigenvalue weighted by molar-refractivity contribution is 5.92. The Balaban J connectivity index is 1.79. The first-order valence-electron chi connectivity index (χ1n) is 10.7. The summed E-state index contributed by atoms with van der Waals surface area (Å²) in [5.41, 5.74) is 0.639. The number of likely N-dealkylation sites (tertiary alicyclic amines) is 1. The molecular weight excluding hydrogens is 412 g/mol. The third-order valence-electron chi connectivity index (χ3n) is 5.70. The van der Waals surface area contributed by atoms with E-state index >= 15 is 0 Å². The van der Waals surface area contributed by atoms with Crippen molar-refractivity contribution in [1.29, 1.82) is 0 Å². The van der Waals surface area contributed by atoms with Crippen molar-refractivity contribution in [3.63, 3.8) is 0 Å². The van der Waals surface area contributed by atoms with E-state index in [0.717, 1.165) is 24.2 Å². The lowest BCUT2D eigenvalue weighted by Crippen LogP contribution is -2.39. The predicted octanol–water partition coefficient (Wildman–Crippen LogP) is 2.61. The second kappa shape index (κ2) is 9.93. The highest BCUT2D eigenvalue weighted by Gasteiger charge is 2.29. The van der Waals surface area contributed by atoms with Crippen LogP contribution in [0, 0.1) is 0 Å². The molecular formula is C23H32N4O5. The summed E-state index contributed by atoms with van der Waals surface area (Å²) in [7, 11) is 6.32. The van der Waals surface area contributed by atoms with Gasteiger partial charge in [-0.15, -0.1) is 0 Å². The van der Waals surface area contributed by atoms with Crippen LogP contribution in [0.3, 0.4) is 0 Å². The quantitative estimate of drug-likeness (QED) is 0.610. The number of piperidine rings is 1. The van der Waals surface area contributed by atoms with Crippen LogP contribution in [0.15, 0.2) is 23.0 Å². The van der Waals surface area contributed by atoms with Crippen LogP contribution in [0.5, 0.6) is 17.2 Å². The van der Waals surface area contributed by atoms with Gasteiger partial charge in [0.25, 0.3) is 0 Å². The van der Waals surface area contributed by atoms with Gasteiger partial charge >= 0.3 is 5.69 Å². The van der Waals surface area contributed by atoms with Crippen LogP contribution in [0.1, 0.15) is 50.0 Å². The minimum Gasteiger partial charge on any atom is -0.493 e. The van der Waals surface area contributed by atoms with E-state index < -0.39 is 0 Å². The van der Waals surface area contributed by atoms with E-state index in [-0.39, 0.29) is 23.6 Å². The number of rotatable bonds is 7. The van der Waals surface area contributed by atoms with Crippen molar-refractivity contribution < 1.29 is 19.0 Å². The number of aryl methyl sites for hydroxylation is 1. The fourth-order valence-corrected chi connectivity index (χ4v) is 4.12. The summed E-state index contributed by atoms with van der Waals surface area (Å²) >= 11 is 0. The summed E-state index contributed by atoms with van der Waals surface area (Å²) in [6.07, 6.45) is 5.04. The van der Waals surface area contributed by atoms with Gasteiger partial charge in [0.1, 0.15) is 5.82 Å². The first-order valence-corrected chi connectivity index (χ1v) is 10.7. The molecule has 9 nitrogen and oxygen atoms in total. The van der Waals surface area contributed by atoms with Gasteiger partial charge in [0.15, 0.2) is 11.5 Å². The molecule has 9 heteroatoms. The lowest BCUT2D eigenvalue weighted by molar-refractivity contribution is -0.127. The van der Waals surface area contributed by atoms with Crippen LogP contribution in [0.4, 0.5) is 0 Å². The molecule has 2 heterocycles. The molecule has 0 aliphatic carbocycles. The number of benzene rings is 1. The normalized spacial score (nSPS) is 16.6. The summed E-state index contributed by atoms with van der Waals surface area (Å²) in [6.45, 7) is 5.15. The van der Waals surface area contributed by atoms with Gasteiger partial charge in [-0.3, -0.25) is 9.36 Å². The largest absolute Gasteiger partial charge is 0.493 e. The van der Waals surface area contributed by atoms with Gasteiger partial charge in [0.05, 0.1) is 21.3 Å². The highest BCUT2D eigenvalue weighted by atomic mass is 16.5. The van der Waals surface area contributed by atoms with Crippen molar-refractivity contribution in [3.8, 4) is 17.2 Å². The first-order chi connectivity index (χ1) is 15.3. The van der Waals surface area contributed by atoms with Crippen molar-refractivity contribution in [1.82, 2.24) is 19.2 Å². The van der Waals surface area contributed by atoms with E-state index in [2.05, 4.69) is 5.10 Å². The average molecular weight is 445 g/mol. The number of ether oxygens (including phenoxy) is 3. The number of methoxy groups -OCH3 is 3. The van der Waals surface area contributed by atoms with Gasteiger partial charge in [0, 0.05) is 38.2 Å². The van der Waals surface area contributed by atoms with Crippen LogP contribution in [-0.2, 0) is 11.8 Å². The molecule has 1 atom stereocenters. The fourth-order valence-electron chi connectivity index (χ4n) is 4.12. The zero-order valence-corrected chi connectivity index (χ0v) is 19.6. The van der Waals surface area contributed by atoms with E-state index in [9.17, 15) is 9.59 Å². The molecule has 0 N–H and O–H groups in total. The molecule has 0 saturated carbocycles. The van der Waals surface area contributed by atoms with Crippen molar-refractivity contribution in [2.24, 2.45) is 7.05 Å². The number of hydrogen-bond donors (Lipinski definition) is 0. The van der Waals surface area contributed by atoms with Crippen molar-refractivity contribution in [3.05, 3.63) is 40.1 Å². The Morgan fingerprint density at radius 2 is 1.81 bits per heavy atom. The Labute approximate surface area is 188 Å². The summed E-state index contributed by atoms with van der Waals surface area (Å²) in [4.78, 5) is 27.2. The van der Waals surface area contributed by atoms with Gasteiger partial charge in [-0.1, -0.05) is 0 Å². The minimum atomic E-state index is -0.124. The van der Waals surface area contributed by atoms with Crippen molar-refractivity contribution in [2.45, 2.75) is 38.6 Å². The Morgan fingerprint density at radius 3 is 2.38 bits per heavy atom. The van der Waals surface area contributed by atoms with Crippen molar-refractivity contribution >= 4 is 12.0 Å². The fraction of sp³-hybridized carbons (Fsp3) is 0.522. The van der Waals surface area contributed by atoms with Gasteiger partial charge in [-0.05, 0) is 50.5 Å². The molecule has 3 rings (SSSR count). The Morgan fingerprint density at radius 1 is 1.16 bits per heavy atom. The molecule has 0 bridgehead atoms. The SMILES string of the molecule is COc1cc(/C=C/C(=O)N2CCCC(c3nn(C)c(=O)n3C(C)C)C2)cc(OC)c1OC. The molecule has 1 aliphatic heterocycles. The maximum Gasteiger partial charge on any atom is 0.345 e. The van der Waals surface area contributed by atoms with Crippen molar-refractivity contribution in [2.75, 3.05) is 34.4 Å². The lowest BCUT2D eigenvalue weighted by Gasteiger charge is -2.32. The van der Waals surface area contributed by atoms with Gasteiger partial charge in [-0.25, -0.2) is 9.48 Å². The first kappa shape index (κ1) is 23.4. The number of nitrogens with zero attached hydrogens (tertiary/aromatic N) is 4. The number of carbonyl (C=O) groups excluding carboxylic acids is 1. The number of amides is 1. The molecule has 0 spiro atoms. The van der Waals surface area contributed by atoms with Crippen LogP contribution in [0.25, 0.3) is 6.08 Å². The maximum atomic E-state index is 12.9. The van der Waals surface area contributed by atoms with Crippen LogP contribution in [-0.4, -0.2) is 59.6 Å². The smallest absolute Gasteiger partial charge is 0.345 e. The summed E-state index contributed by atoms with van der Waals surface area (Å²) < 4.78 is 19.2. The summed E-state index contributed by atoms with van der Waals surface area (Å²) in [5, 5.41) is 4.47. The molecule has 174 valence electrons. The zero-order chi connectivity index (χ0) is 23.4. The van der Waals surface area contributed by atoms with E-state index in [4.69, 9.17) is 14.2 Å². The van der Waals surface area contributed by atoms with E-state index in [1.54, 1.807) is 57.2 Å². The Bertz CT molecular complexity index is 1030. The third-order valence-corrected chi connectivity index (χ3v) is 5.70. The highest BCUT2D eigenvalue weighted by Crippen LogP contribution is 2.38. The second-order valence-corrected chi connectivity index (χ2v) is 8.14. The second-order valence-electron chi connectivity index (χ2n) is 8.14. The lowest BCUT2D eigenvalue weighted by atomic mass is 9.96. The molecule has 2 aromatic rings. The molecule has 1 aromatic heterocycles. The van der Waals surface area contributed by atoms with Gasteiger partial charge in [0.2, 0.25) is 11.7 Å². The molecule has 1 amide bonds. The van der Waals surface area contributed by atoms with E-state index in [0.29, 0.717) is 30.3 Å². The molecule has 1 fully saturated rings. The average Bonchev–Trinajstić information content (AvgIpc) is 3.11. The summed E-state index contributed by atoms with van der Waals surface area (Å²) in [6, 6.07) is 3.59. The Kier molecular flexibility index (Phi) is 7.27. The Hall–Kier alpha value is -3.23. The topological polar surface area (TPSA) is 87.8 Å². The molecule has 32 heavy (non-hydrogen) atoms. The van der Waals surface area contributed by atoms with Crippen LogP contribution < -0.4 is 19.9 Å². The van der Waals surface area contributed by atoms with E-state index in [1.165, 1.54) is 4.68 Å².